The first-order chi connectivity index (χ1) is 12.7. The molecule has 2 heteroatoms. The summed E-state index contributed by atoms with van der Waals surface area (Å²) in [6.45, 7) is 4.18. The zero-order valence-corrected chi connectivity index (χ0v) is 14.9. The van der Waals surface area contributed by atoms with Crippen LogP contribution in [0.15, 0.2) is 89.6 Å². The Labute approximate surface area is 153 Å². The smallest absolute Gasteiger partial charge is 0.265 e. The zero-order valence-electron chi connectivity index (χ0n) is 14.9. The molecule has 0 fully saturated rings. The molecule has 0 amide bonds. The van der Waals surface area contributed by atoms with Crippen molar-refractivity contribution in [2.75, 3.05) is 0 Å². The van der Waals surface area contributed by atoms with Crippen molar-refractivity contribution < 1.29 is 4.42 Å². The molecule has 0 unspecified atom stereocenters. The van der Waals surface area contributed by atoms with Gasteiger partial charge in [-0.15, -0.1) is 0 Å². The average Bonchev–Trinajstić information content (AvgIpc) is 2.69. The van der Waals surface area contributed by atoms with Crippen molar-refractivity contribution in [2.24, 2.45) is 0 Å². The van der Waals surface area contributed by atoms with Gasteiger partial charge in [-0.25, -0.2) is 4.42 Å². The van der Waals surface area contributed by atoms with Gasteiger partial charge in [0.15, 0.2) is 0 Å². The molecule has 4 rings (SSSR count). The summed E-state index contributed by atoms with van der Waals surface area (Å²) < 4.78 is 6.28. The van der Waals surface area contributed by atoms with Gasteiger partial charge < -0.3 is 0 Å². The fourth-order valence-electron chi connectivity index (χ4n) is 2.93. The van der Waals surface area contributed by atoms with E-state index in [2.05, 4.69) is 79.5 Å². The Morgan fingerprint density at radius 3 is 1.46 bits per heavy atom. The van der Waals surface area contributed by atoms with E-state index in [1.807, 2.05) is 24.5 Å². The van der Waals surface area contributed by atoms with Crippen LogP contribution in [0.4, 0.5) is 0 Å². The van der Waals surface area contributed by atoms with E-state index in [9.17, 15) is 0 Å². The van der Waals surface area contributed by atoms with E-state index in [0.717, 1.165) is 33.8 Å². The van der Waals surface area contributed by atoms with Crippen LogP contribution in [0.3, 0.4) is 0 Å². The predicted octanol–water partition coefficient (Wildman–Crippen LogP) is 6.57. The zero-order chi connectivity index (χ0) is 17.9. The molecule has 0 N–H and O–H groups in total. The molecule has 0 saturated carbocycles. The number of rotatable bonds is 3. The van der Waals surface area contributed by atoms with Gasteiger partial charge in [0.25, 0.3) is 0 Å². The summed E-state index contributed by atoms with van der Waals surface area (Å²) in [5.74, 6) is 1.71. The SMILES string of the molecule is Cc1ccc(-c2cc(-c3ccncc3)cc(-c3ccc(C)cc3)[o+]2)cc1. The third kappa shape index (κ3) is 3.40. The molecule has 0 aliphatic carbocycles. The molecular formula is C24H20NO+. The van der Waals surface area contributed by atoms with Crippen molar-refractivity contribution in [2.45, 2.75) is 13.8 Å². The van der Waals surface area contributed by atoms with Gasteiger partial charge in [-0.2, -0.15) is 0 Å². The topological polar surface area (TPSA) is 24.2 Å². The number of aryl methyl sites for hydroxylation is 2. The summed E-state index contributed by atoms with van der Waals surface area (Å²) in [5, 5.41) is 0. The molecule has 0 radical (unpaired) electrons. The molecule has 2 nitrogen and oxygen atoms in total. The molecule has 0 aliphatic rings. The van der Waals surface area contributed by atoms with Gasteiger partial charge in [0.05, 0.1) is 23.3 Å². The summed E-state index contributed by atoms with van der Waals surface area (Å²) in [4.78, 5) is 4.13. The lowest BCUT2D eigenvalue weighted by atomic mass is 10.0. The van der Waals surface area contributed by atoms with Crippen LogP contribution in [0.5, 0.6) is 0 Å². The van der Waals surface area contributed by atoms with Gasteiger partial charge >= 0.3 is 11.5 Å². The molecule has 0 spiro atoms. The van der Waals surface area contributed by atoms with Crippen molar-refractivity contribution in [1.29, 1.82) is 0 Å². The maximum absolute atomic E-state index is 6.28. The monoisotopic (exact) mass is 338 g/mol. The van der Waals surface area contributed by atoms with Gasteiger partial charge in [-0.1, -0.05) is 35.4 Å². The number of benzene rings is 2. The molecule has 26 heavy (non-hydrogen) atoms. The molecule has 2 heterocycles. The van der Waals surface area contributed by atoms with Gasteiger partial charge in [-0.05, 0) is 55.8 Å². The number of aromatic nitrogens is 1. The minimum absolute atomic E-state index is 0.856. The molecule has 4 aromatic rings. The first-order valence-corrected chi connectivity index (χ1v) is 8.72. The van der Waals surface area contributed by atoms with E-state index >= 15 is 0 Å². The summed E-state index contributed by atoms with van der Waals surface area (Å²) in [7, 11) is 0. The maximum Gasteiger partial charge on any atom is 0.361 e. The van der Waals surface area contributed by atoms with Crippen LogP contribution in [0, 0.1) is 13.8 Å². The number of hydrogen-bond acceptors (Lipinski definition) is 1. The highest BCUT2D eigenvalue weighted by atomic mass is 16.3. The Kier molecular flexibility index (Phi) is 4.32. The third-order valence-corrected chi connectivity index (χ3v) is 4.48. The third-order valence-electron chi connectivity index (χ3n) is 4.48. The minimum atomic E-state index is 0.856. The molecule has 0 saturated heterocycles. The average molecular weight is 338 g/mol. The second-order valence-corrected chi connectivity index (χ2v) is 6.54. The number of pyridine rings is 1. The van der Waals surface area contributed by atoms with Crippen molar-refractivity contribution in [3.8, 4) is 33.8 Å². The van der Waals surface area contributed by atoms with Crippen LogP contribution in [0.25, 0.3) is 33.8 Å². The molecule has 0 bridgehead atoms. The quantitative estimate of drug-likeness (QED) is 0.394. The summed E-state index contributed by atoms with van der Waals surface area (Å²) in [6, 6.07) is 25.1. The van der Waals surface area contributed by atoms with Crippen LogP contribution < -0.4 is 0 Å². The van der Waals surface area contributed by atoms with Crippen molar-refractivity contribution in [3.05, 3.63) is 96.3 Å². The second kappa shape index (κ2) is 6.93. The Balaban J connectivity index is 1.89. The van der Waals surface area contributed by atoms with E-state index in [-0.39, 0.29) is 0 Å². The fourth-order valence-corrected chi connectivity index (χ4v) is 2.93. The predicted molar refractivity (Wildman–Crippen MR) is 107 cm³/mol. The summed E-state index contributed by atoms with van der Waals surface area (Å²) >= 11 is 0. The molecular weight excluding hydrogens is 318 g/mol. The van der Waals surface area contributed by atoms with Crippen molar-refractivity contribution in [3.63, 3.8) is 0 Å². The summed E-state index contributed by atoms with van der Waals surface area (Å²) in [6.07, 6.45) is 3.63. The Bertz CT molecular complexity index is 956. The number of nitrogens with zero attached hydrogens (tertiary/aromatic N) is 1. The standard InChI is InChI=1S/C24H20NO/c1-17-3-7-20(8-4-17)23-15-22(19-11-13-25-14-12-19)16-24(26-23)21-9-5-18(2)6-10-21/h3-16H,1-2H3/q+1. The van der Waals surface area contributed by atoms with Crippen molar-refractivity contribution >= 4 is 0 Å². The van der Waals surface area contributed by atoms with Crippen LogP contribution in [-0.4, -0.2) is 4.98 Å². The van der Waals surface area contributed by atoms with E-state index in [0.29, 0.717) is 0 Å². The Morgan fingerprint density at radius 1 is 0.538 bits per heavy atom. The first-order valence-electron chi connectivity index (χ1n) is 8.72. The van der Waals surface area contributed by atoms with Crippen LogP contribution in [0.1, 0.15) is 11.1 Å². The van der Waals surface area contributed by atoms with Gasteiger partial charge in [-0.3, -0.25) is 4.98 Å². The molecule has 126 valence electrons. The summed E-state index contributed by atoms with van der Waals surface area (Å²) in [5.41, 5.74) is 6.85. The fraction of sp³-hybridized carbons (Fsp3) is 0.0833. The van der Waals surface area contributed by atoms with E-state index in [1.54, 1.807) is 0 Å². The normalized spacial score (nSPS) is 10.7. The van der Waals surface area contributed by atoms with E-state index in [1.165, 1.54) is 11.1 Å². The Morgan fingerprint density at radius 2 is 1.00 bits per heavy atom. The highest BCUT2D eigenvalue weighted by Gasteiger charge is 2.20. The molecule has 2 aromatic carbocycles. The number of hydrogen-bond donors (Lipinski definition) is 0. The lowest BCUT2D eigenvalue weighted by molar-refractivity contribution is 0.582. The van der Waals surface area contributed by atoms with Gasteiger partial charge in [0.1, 0.15) is 0 Å². The van der Waals surface area contributed by atoms with Crippen LogP contribution in [0.2, 0.25) is 0 Å². The largest absolute Gasteiger partial charge is 0.361 e. The van der Waals surface area contributed by atoms with E-state index < -0.39 is 0 Å². The van der Waals surface area contributed by atoms with Crippen LogP contribution >= 0.6 is 0 Å². The Hall–Kier alpha value is -3.26. The highest BCUT2D eigenvalue weighted by molar-refractivity contribution is 5.74. The lowest BCUT2D eigenvalue weighted by Gasteiger charge is -2.02. The molecule has 0 aliphatic heterocycles. The highest BCUT2D eigenvalue weighted by Crippen LogP contribution is 2.32. The lowest BCUT2D eigenvalue weighted by Crippen LogP contribution is -1.87. The minimum Gasteiger partial charge on any atom is -0.265 e. The van der Waals surface area contributed by atoms with Crippen molar-refractivity contribution in [1.82, 2.24) is 4.98 Å². The molecule has 2 aromatic heterocycles. The molecule has 0 atom stereocenters. The second-order valence-electron chi connectivity index (χ2n) is 6.54. The first kappa shape index (κ1) is 16.2. The van der Waals surface area contributed by atoms with Gasteiger partial charge in [0, 0.05) is 18.0 Å². The van der Waals surface area contributed by atoms with Gasteiger partial charge in [0.2, 0.25) is 0 Å². The van der Waals surface area contributed by atoms with Crippen LogP contribution in [-0.2, 0) is 0 Å². The van der Waals surface area contributed by atoms with E-state index in [4.69, 9.17) is 4.42 Å². The maximum atomic E-state index is 6.28.